The number of unbranched alkanes of at least 4 members (excludes halogenated alkanes) is 7. The molecule has 0 unspecified atom stereocenters. The van der Waals surface area contributed by atoms with E-state index in [1.807, 2.05) is 36.4 Å². The zero-order valence-corrected chi connectivity index (χ0v) is 17.7. The summed E-state index contributed by atoms with van der Waals surface area (Å²) in [6, 6.07) is 13.5. The molecule has 4 nitrogen and oxygen atoms in total. The van der Waals surface area contributed by atoms with Gasteiger partial charge in [0.15, 0.2) is 0 Å². The Morgan fingerprint density at radius 2 is 1.38 bits per heavy atom. The molecule has 0 aliphatic rings. The monoisotopic (exact) mass is 398 g/mol. The van der Waals surface area contributed by atoms with E-state index in [9.17, 15) is 9.59 Å². The van der Waals surface area contributed by atoms with Crippen molar-refractivity contribution in [3.63, 3.8) is 0 Å². The zero-order valence-electron chi connectivity index (χ0n) is 17.7. The molecule has 0 fully saturated rings. The lowest BCUT2D eigenvalue weighted by Gasteiger charge is -2.07. The Bertz CT molecular complexity index is 753. The maximum atomic E-state index is 12.0. The fraction of sp³-hybridized carbons (Fsp3) is 0.520. The van der Waals surface area contributed by atoms with Crippen LogP contribution >= 0.6 is 0 Å². The van der Waals surface area contributed by atoms with Crippen LogP contribution in [-0.4, -0.2) is 18.5 Å². The molecule has 2 aromatic rings. The van der Waals surface area contributed by atoms with Gasteiger partial charge in [-0.2, -0.15) is 0 Å². The smallest absolute Gasteiger partial charge is 0.311 e. The first kappa shape index (κ1) is 22.9. The number of hydrogen-bond acceptors (Lipinski definition) is 4. The Hall–Kier alpha value is -2.36. The summed E-state index contributed by atoms with van der Waals surface area (Å²) in [5.74, 6) is -0.0198. The van der Waals surface area contributed by atoms with Crippen LogP contribution in [0.15, 0.2) is 42.5 Å². The van der Waals surface area contributed by atoms with Crippen LogP contribution in [-0.2, 0) is 14.3 Å². The lowest BCUT2D eigenvalue weighted by molar-refractivity contribution is -0.144. The largest absolute Gasteiger partial charge is 0.466 e. The van der Waals surface area contributed by atoms with Gasteiger partial charge in [0.05, 0.1) is 6.61 Å². The molecule has 0 heterocycles. The first-order chi connectivity index (χ1) is 14.2. The summed E-state index contributed by atoms with van der Waals surface area (Å²) in [5.41, 5.74) is 0. The highest BCUT2D eigenvalue weighted by Crippen LogP contribution is 2.21. The second-order valence-corrected chi connectivity index (χ2v) is 7.53. The number of benzene rings is 2. The standard InChI is InChI=1S/C25H34O4/c1-2-3-4-5-6-7-8-11-19-28-24(26)15-12-16-25(27)29-23-18-17-21-13-9-10-14-22(21)20-23/h9-10,13-14,17-18,20H,2-8,11-12,15-16,19H2,1H3. The second-order valence-electron chi connectivity index (χ2n) is 7.53. The Kier molecular flexibility index (Phi) is 10.9. The van der Waals surface area contributed by atoms with Crippen molar-refractivity contribution in [2.75, 3.05) is 6.61 Å². The molecule has 0 aliphatic carbocycles. The van der Waals surface area contributed by atoms with E-state index in [2.05, 4.69) is 6.92 Å². The van der Waals surface area contributed by atoms with E-state index in [-0.39, 0.29) is 24.8 Å². The second kappa shape index (κ2) is 13.8. The Morgan fingerprint density at radius 3 is 2.14 bits per heavy atom. The molecular weight excluding hydrogens is 364 g/mol. The maximum absolute atomic E-state index is 12.0. The van der Waals surface area contributed by atoms with E-state index in [0.717, 1.165) is 23.6 Å². The van der Waals surface area contributed by atoms with Crippen LogP contribution in [0.25, 0.3) is 10.8 Å². The minimum Gasteiger partial charge on any atom is -0.466 e. The van der Waals surface area contributed by atoms with Crippen molar-refractivity contribution in [2.45, 2.75) is 77.6 Å². The van der Waals surface area contributed by atoms with E-state index >= 15 is 0 Å². The van der Waals surface area contributed by atoms with Gasteiger partial charge in [-0.05, 0) is 35.7 Å². The molecule has 0 aliphatic heterocycles. The zero-order chi connectivity index (χ0) is 20.7. The molecule has 0 amide bonds. The van der Waals surface area contributed by atoms with Crippen molar-refractivity contribution in [3.8, 4) is 5.75 Å². The van der Waals surface area contributed by atoms with Gasteiger partial charge in [-0.25, -0.2) is 0 Å². The van der Waals surface area contributed by atoms with Crippen molar-refractivity contribution in [1.82, 2.24) is 0 Å². The van der Waals surface area contributed by atoms with Crippen molar-refractivity contribution in [1.29, 1.82) is 0 Å². The highest BCUT2D eigenvalue weighted by Gasteiger charge is 2.09. The molecule has 0 spiro atoms. The predicted octanol–water partition coefficient (Wildman–Crippen LogP) is 6.60. The Morgan fingerprint density at radius 1 is 0.724 bits per heavy atom. The quantitative estimate of drug-likeness (QED) is 0.204. The number of rotatable bonds is 14. The van der Waals surface area contributed by atoms with Gasteiger partial charge in [0.1, 0.15) is 5.75 Å². The van der Waals surface area contributed by atoms with Gasteiger partial charge in [0, 0.05) is 12.8 Å². The van der Waals surface area contributed by atoms with E-state index in [1.54, 1.807) is 6.07 Å². The summed E-state index contributed by atoms with van der Waals surface area (Å²) < 4.78 is 10.6. The third-order valence-corrected chi connectivity index (χ3v) is 4.98. The lowest BCUT2D eigenvalue weighted by Crippen LogP contribution is -2.10. The fourth-order valence-corrected chi connectivity index (χ4v) is 3.28. The first-order valence-electron chi connectivity index (χ1n) is 11.0. The molecule has 0 atom stereocenters. The summed E-state index contributed by atoms with van der Waals surface area (Å²) in [7, 11) is 0. The van der Waals surface area contributed by atoms with E-state index in [0.29, 0.717) is 18.8 Å². The summed E-state index contributed by atoms with van der Waals surface area (Å²) >= 11 is 0. The van der Waals surface area contributed by atoms with Crippen LogP contribution in [0, 0.1) is 0 Å². The topological polar surface area (TPSA) is 52.6 Å². The fourth-order valence-electron chi connectivity index (χ4n) is 3.28. The minimum absolute atomic E-state index is 0.208. The molecule has 0 saturated heterocycles. The van der Waals surface area contributed by atoms with Gasteiger partial charge in [0.25, 0.3) is 0 Å². The molecule has 4 heteroatoms. The van der Waals surface area contributed by atoms with Crippen molar-refractivity contribution >= 4 is 22.7 Å². The number of hydrogen-bond donors (Lipinski definition) is 0. The van der Waals surface area contributed by atoms with E-state index < -0.39 is 0 Å². The third kappa shape index (κ3) is 9.60. The molecule has 2 rings (SSSR count). The van der Waals surface area contributed by atoms with Crippen LogP contribution in [0.4, 0.5) is 0 Å². The van der Waals surface area contributed by atoms with Crippen LogP contribution in [0.5, 0.6) is 5.75 Å². The van der Waals surface area contributed by atoms with Crippen LogP contribution < -0.4 is 4.74 Å². The molecule has 2 aromatic carbocycles. The average molecular weight is 399 g/mol. The Balaban J connectivity index is 1.51. The highest BCUT2D eigenvalue weighted by molar-refractivity contribution is 5.84. The summed E-state index contributed by atoms with van der Waals surface area (Å²) in [6.07, 6.45) is 10.7. The van der Waals surface area contributed by atoms with Gasteiger partial charge >= 0.3 is 11.9 Å². The van der Waals surface area contributed by atoms with Crippen molar-refractivity contribution < 1.29 is 19.1 Å². The normalized spacial score (nSPS) is 10.8. The first-order valence-corrected chi connectivity index (χ1v) is 11.0. The summed E-state index contributed by atoms with van der Waals surface area (Å²) in [4.78, 5) is 23.7. The van der Waals surface area contributed by atoms with Crippen molar-refractivity contribution in [2.24, 2.45) is 0 Å². The van der Waals surface area contributed by atoms with Crippen LogP contribution in [0.3, 0.4) is 0 Å². The van der Waals surface area contributed by atoms with E-state index in [4.69, 9.17) is 9.47 Å². The van der Waals surface area contributed by atoms with Gasteiger partial charge in [-0.15, -0.1) is 0 Å². The van der Waals surface area contributed by atoms with Crippen LogP contribution in [0.1, 0.15) is 77.6 Å². The summed E-state index contributed by atoms with van der Waals surface area (Å²) in [5, 5.41) is 2.13. The average Bonchev–Trinajstić information content (AvgIpc) is 2.72. The number of ether oxygens (including phenoxy) is 2. The van der Waals surface area contributed by atoms with Crippen LogP contribution in [0.2, 0.25) is 0 Å². The van der Waals surface area contributed by atoms with Gasteiger partial charge in [-0.1, -0.05) is 82.2 Å². The molecule has 0 N–H and O–H groups in total. The van der Waals surface area contributed by atoms with Gasteiger partial charge in [-0.3, -0.25) is 9.59 Å². The number of carbonyl (C=O) groups is 2. The van der Waals surface area contributed by atoms with Gasteiger partial charge < -0.3 is 9.47 Å². The predicted molar refractivity (Wildman–Crippen MR) is 117 cm³/mol. The number of esters is 2. The molecule has 29 heavy (non-hydrogen) atoms. The molecule has 158 valence electrons. The maximum Gasteiger partial charge on any atom is 0.311 e. The number of carbonyl (C=O) groups excluding carboxylic acids is 2. The summed E-state index contributed by atoms with van der Waals surface area (Å²) in [6.45, 7) is 2.71. The lowest BCUT2D eigenvalue weighted by atomic mass is 10.1. The van der Waals surface area contributed by atoms with E-state index in [1.165, 1.54) is 38.5 Å². The van der Waals surface area contributed by atoms with Gasteiger partial charge in [0.2, 0.25) is 0 Å². The highest BCUT2D eigenvalue weighted by atomic mass is 16.5. The third-order valence-electron chi connectivity index (χ3n) is 4.98. The molecule has 0 radical (unpaired) electrons. The molecule has 0 aromatic heterocycles. The molecule has 0 saturated carbocycles. The SMILES string of the molecule is CCCCCCCCCCOC(=O)CCCC(=O)Oc1ccc2ccccc2c1. The molecule has 0 bridgehead atoms. The molecular formula is C25H34O4. The Labute approximate surface area is 174 Å². The van der Waals surface area contributed by atoms with Crippen molar-refractivity contribution in [3.05, 3.63) is 42.5 Å². The number of fused-ring (bicyclic) bond motifs is 1. The minimum atomic E-state index is -0.323.